The summed E-state index contributed by atoms with van der Waals surface area (Å²) in [5, 5.41) is 19.5. The van der Waals surface area contributed by atoms with Gasteiger partial charge in [-0.2, -0.15) is 13.2 Å². The summed E-state index contributed by atoms with van der Waals surface area (Å²) in [7, 11) is 0. The van der Waals surface area contributed by atoms with Crippen molar-refractivity contribution in [1.29, 1.82) is 0 Å². The molecule has 11 heteroatoms. The number of alkyl halides is 3. The van der Waals surface area contributed by atoms with E-state index in [0.717, 1.165) is 4.90 Å². The zero-order valence-corrected chi connectivity index (χ0v) is 24.3. The Bertz CT molecular complexity index is 1310. The molecule has 43 heavy (non-hydrogen) atoms. The molecule has 234 valence electrons. The number of rotatable bonds is 7. The van der Waals surface area contributed by atoms with E-state index in [1.165, 1.54) is 24.3 Å². The second-order valence-corrected chi connectivity index (χ2v) is 12.1. The van der Waals surface area contributed by atoms with Crippen molar-refractivity contribution in [2.75, 3.05) is 45.9 Å². The average molecular weight is 606 g/mol. The van der Waals surface area contributed by atoms with Crippen LogP contribution in [0.1, 0.15) is 53.1 Å². The maximum absolute atomic E-state index is 15.0. The van der Waals surface area contributed by atoms with Crippen molar-refractivity contribution >= 4 is 11.7 Å². The summed E-state index contributed by atoms with van der Waals surface area (Å²) in [5.74, 6) is -4.38. The fourth-order valence-electron chi connectivity index (χ4n) is 7.39. The van der Waals surface area contributed by atoms with Gasteiger partial charge in [0, 0.05) is 49.6 Å². The Kier molecular flexibility index (Phi) is 9.43. The molecule has 0 aromatic heterocycles. The van der Waals surface area contributed by atoms with Crippen LogP contribution in [0.2, 0.25) is 0 Å². The zero-order chi connectivity index (χ0) is 30.9. The van der Waals surface area contributed by atoms with Crippen LogP contribution in [0.25, 0.3) is 0 Å². The molecule has 2 aromatic carbocycles. The number of hydrogen-bond donors (Lipinski definition) is 2. The lowest BCUT2D eigenvalue weighted by molar-refractivity contribution is -0.185. The second-order valence-electron chi connectivity index (χ2n) is 12.1. The maximum Gasteiger partial charge on any atom is 0.408 e. The van der Waals surface area contributed by atoms with Crippen molar-refractivity contribution in [3.05, 3.63) is 65.0 Å². The Hall–Kier alpha value is -3.02. The van der Waals surface area contributed by atoms with Gasteiger partial charge in [-0.1, -0.05) is 24.3 Å². The number of likely N-dealkylation sites (tertiary alicyclic amines) is 3. The van der Waals surface area contributed by atoms with Crippen molar-refractivity contribution in [2.45, 2.75) is 56.8 Å². The largest absolute Gasteiger partial charge is 0.508 e. The maximum atomic E-state index is 15.0. The highest BCUT2D eigenvalue weighted by Gasteiger charge is 2.53. The number of halogens is 4. The molecule has 1 amide bonds. The van der Waals surface area contributed by atoms with Gasteiger partial charge in [-0.15, -0.1) is 0 Å². The van der Waals surface area contributed by atoms with Gasteiger partial charge in [-0.25, -0.2) is 4.39 Å². The molecule has 3 saturated heterocycles. The Balaban J connectivity index is 1.58. The smallest absolute Gasteiger partial charge is 0.408 e. The molecule has 3 fully saturated rings. The Labute approximate surface area is 249 Å². The lowest BCUT2D eigenvalue weighted by Gasteiger charge is -2.48. The second kappa shape index (κ2) is 12.9. The number of nitrogens with zero attached hydrogens (tertiary/aromatic N) is 3. The van der Waals surface area contributed by atoms with Crippen LogP contribution >= 0.6 is 0 Å². The van der Waals surface area contributed by atoms with E-state index in [0.29, 0.717) is 38.0 Å². The summed E-state index contributed by atoms with van der Waals surface area (Å²) in [6.07, 6.45) is -3.10. The molecule has 3 aliphatic heterocycles. The molecule has 4 atom stereocenters. The number of phenolic OH excluding ortho intramolecular Hbond substituents is 1. The predicted octanol–water partition coefficient (Wildman–Crippen LogP) is 4.36. The highest BCUT2D eigenvalue weighted by Crippen LogP contribution is 2.45. The van der Waals surface area contributed by atoms with Crippen LogP contribution in [-0.2, 0) is 4.79 Å². The van der Waals surface area contributed by atoms with Gasteiger partial charge in [0.05, 0.1) is 12.5 Å². The standard InChI is InChI=1S/C32H39F4N3O4/c1-20-24(7-3-8-27(20)33)29-25(30(42)21-5-2-6-23(41)17-21)18-38(22-10-13-37(14-11-22)15-16-40)19-26(29)31(43)39-12-4-9-28(39)32(34,35)36/h2-3,5-8,17,22,25-26,28-29,40-41H,4,9-16,18-19H2,1H3/t25-,26-,28-,29+/m0/s1. The lowest BCUT2D eigenvalue weighted by Crippen LogP contribution is -2.58. The van der Waals surface area contributed by atoms with E-state index in [1.807, 2.05) is 0 Å². The van der Waals surface area contributed by atoms with E-state index in [1.54, 1.807) is 25.1 Å². The molecule has 0 spiro atoms. The van der Waals surface area contributed by atoms with Gasteiger partial charge in [-0.05, 0) is 75.0 Å². The minimum absolute atomic E-state index is 0.0173. The molecule has 0 unspecified atom stereocenters. The summed E-state index contributed by atoms with van der Waals surface area (Å²) in [6.45, 7) is 3.93. The third kappa shape index (κ3) is 6.58. The number of aromatic hydroxyl groups is 1. The van der Waals surface area contributed by atoms with Gasteiger partial charge in [0.25, 0.3) is 0 Å². The van der Waals surface area contributed by atoms with Gasteiger partial charge < -0.3 is 20.0 Å². The fourth-order valence-corrected chi connectivity index (χ4v) is 7.39. The Morgan fingerprint density at radius 1 is 0.977 bits per heavy atom. The number of ketones is 1. The van der Waals surface area contributed by atoms with Gasteiger partial charge in [0.1, 0.15) is 17.6 Å². The summed E-state index contributed by atoms with van der Waals surface area (Å²) in [4.78, 5) is 33.6. The van der Waals surface area contributed by atoms with Crippen LogP contribution in [0.4, 0.5) is 17.6 Å². The predicted molar refractivity (Wildman–Crippen MR) is 152 cm³/mol. The minimum atomic E-state index is -4.58. The van der Waals surface area contributed by atoms with Gasteiger partial charge >= 0.3 is 6.18 Å². The summed E-state index contributed by atoms with van der Waals surface area (Å²) in [5.41, 5.74) is 0.930. The van der Waals surface area contributed by atoms with Crippen molar-refractivity contribution in [3.63, 3.8) is 0 Å². The Morgan fingerprint density at radius 3 is 2.35 bits per heavy atom. The van der Waals surface area contributed by atoms with E-state index < -0.39 is 41.7 Å². The number of piperidine rings is 2. The molecule has 2 aromatic rings. The van der Waals surface area contributed by atoms with E-state index >= 15 is 0 Å². The number of benzene rings is 2. The van der Waals surface area contributed by atoms with E-state index in [-0.39, 0.29) is 67.8 Å². The number of carbonyl (C=O) groups excluding carboxylic acids is 2. The average Bonchev–Trinajstić information content (AvgIpc) is 3.49. The molecular formula is C32H39F4N3O4. The SMILES string of the molecule is Cc1c(F)cccc1[C@@H]1[C@@H](C(=O)c2cccc(O)c2)CN(C2CCN(CCO)CC2)C[C@@H]1C(=O)N1CCC[C@H]1C(F)(F)F. The van der Waals surface area contributed by atoms with Crippen LogP contribution in [0, 0.1) is 24.6 Å². The molecule has 0 radical (unpaired) electrons. The molecular weight excluding hydrogens is 566 g/mol. The first-order chi connectivity index (χ1) is 20.5. The molecule has 5 rings (SSSR count). The molecule has 2 N–H and O–H groups in total. The molecule has 7 nitrogen and oxygen atoms in total. The molecule has 0 aliphatic carbocycles. The number of phenols is 1. The number of aliphatic hydroxyl groups excluding tert-OH is 1. The highest BCUT2D eigenvalue weighted by molar-refractivity contribution is 5.99. The molecule has 0 saturated carbocycles. The minimum Gasteiger partial charge on any atom is -0.508 e. The first kappa shape index (κ1) is 31.4. The quantitative estimate of drug-likeness (QED) is 0.361. The van der Waals surface area contributed by atoms with Crippen molar-refractivity contribution in [3.8, 4) is 5.75 Å². The Morgan fingerprint density at radius 2 is 1.67 bits per heavy atom. The summed E-state index contributed by atoms with van der Waals surface area (Å²) in [6, 6.07) is 8.45. The van der Waals surface area contributed by atoms with Crippen LogP contribution in [0.5, 0.6) is 5.75 Å². The fraction of sp³-hybridized carbons (Fsp3) is 0.562. The van der Waals surface area contributed by atoms with Crippen LogP contribution in [-0.4, -0.2) is 101 Å². The van der Waals surface area contributed by atoms with Crippen molar-refractivity contribution in [2.24, 2.45) is 11.8 Å². The number of β-amino-alcohol motifs (C(OH)–C–C–N with tert-alkyl or cyclic N) is 1. The summed E-state index contributed by atoms with van der Waals surface area (Å²) >= 11 is 0. The van der Waals surface area contributed by atoms with E-state index in [4.69, 9.17) is 0 Å². The zero-order valence-electron chi connectivity index (χ0n) is 24.3. The van der Waals surface area contributed by atoms with E-state index in [2.05, 4.69) is 9.80 Å². The highest BCUT2D eigenvalue weighted by atomic mass is 19.4. The van der Waals surface area contributed by atoms with Crippen LogP contribution < -0.4 is 0 Å². The number of hydrogen-bond acceptors (Lipinski definition) is 6. The lowest BCUT2D eigenvalue weighted by atomic mass is 9.68. The number of amides is 1. The van der Waals surface area contributed by atoms with E-state index in [9.17, 15) is 37.4 Å². The van der Waals surface area contributed by atoms with Crippen LogP contribution in [0.15, 0.2) is 42.5 Å². The normalized spacial score (nSPS) is 26.1. The molecule has 3 aliphatic rings. The van der Waals surface area contributed by atoms with Gasteiger partial charge in [-0.3, -0.25) is 14.5 Å². The number of aliphatic hydroxyl groups is 1. The van der Waals surface area contributed by atoms with Crippen molar-refractivity contribution < 1.29 is 37.4 Å². The third-order valence-electron chi connectivity index (χ3n) is 9.59. The third-order valence-corrected chi connectivity index (χ3v) is 9.59. The number of Topliss-reactive ketones (excluding diaryl/α,β-unsaturated/α-hetero) is 1. The van der Waals surface area contributed by atoms with Gasteiger partial charge in [0.2, 0.25) is 5.91 Å². The van der Waals surface area contributed by atoms with Crippen molar-refractivity contribution in [1.82, 2.24) is 14.7 Å². The topological polar surface area (TPSA) is 84.3 Å². The van der Waals surface area contributed by atoms with Gasteiger partial charge in [0.15, 0.2) is 5.78 Å². The molecule has 0 bridgehead atoms. The summed E-state index contributed by atoms with van der Waals surface area (Å²) < 4.78 is 57.1. The molecule has 3 heterocycles. The van der Waals surface area contributed by atoms with Crippen LogP contribution in [0.3, 0.4) is 0 Å². The first-order valence-corrected chi connectivity index (χ1v) is 15.0. The monoisotopic (exact) mass is 605 g/mol. The first-order valence-electron chi connectivity index (χ1n) is 15.0. The number of carbonyl (C=O) groups is 2.